The van der Waals surface area contributed by atoms with Crippen molar-refractivity contribution in [2.24, 2.45) is 5.92 Å². The van der Waals surface area contributed by atoms with Crippen molar-refractivity contribution in [2.75, 3.05) is 32.8 Å². The summed E-state index contributed by atoms with van der Waals surface area (Å²) in [5.74, 6) is 0.883. The first-order valence-corrected chi connectivity index (χ1v) is 7.77. The van der Waals surface area contributed by atoms with Crippen LogP contribution >= 0.6 is 0 Å². The van der Waals surface area contributed by atoms with Gasteiger partial charge in [0, 0.05) is 13.1 Å². The zero-order valence-corrected chi connectivity index (χ0v) is 13.0. The highest BCUT2D eigenvalue weighted by Crippen LogP contribution is 2.18. The number of likely N-dealkylation sites (tertiary alicyclic amines) is 1. The summed E-state index contributed by atoms with van der Waals surface area (Å²) in [7, 11) is 0. The summed E-state index contributed by atoms with van der Waals surface area (Å²) < 4.78 is 10.9. The van der Waals surface area contributed by atoms with E-state index in [1.54, 1.807) is 0 Å². The van der Waals surface area contributed by atoms with Crippen molar-refractivity contribution in [3.05, 3.63) is 29.8 Å². The lowest BCUT2D eigenvalue weighted by atomic mass is 9.98. The van der Waals surface area contributed by atoms with Crippen molar-refractivity contribution in [1.82, 2.24) is 4.90 Å². The van der Waals surface area contributed by atoms with Crippen LogP contribution < -0.4 is 4.74 Å². The fourth-order valence-corrected chi connectivity index (χ4v) is 2.71. The molecule has 0 N–H and O–H groups in total. The molecule has 21 heavy (non-hydrogen) atoms. The van der Waals surface area contributed by atoms with Crippen molar-refractivity contribution >= 4 is 5.97 Å². The number of esters is 1. The molecule has 0 unspecified atom stereocenters. The van der Waals surface area contributed by atoms with Gasteiger partial charge in [0.2, 0.25) is 0 Å². The van der Waals surface area contributed by atoms with Crippen LogP contribution in [-0.2, 0) is 9.53 Å². The van der Waals surface area contributed by atoms with Gasteiger partial charge in [-0.15, -0.1) is 0 Å². The van der Waals surface area contributed by atoms with Crippen LogP contribution in [0.25, 0.3) is 0 Å². The molecule has 1 aromatic rings. The van der Waals surface area contributed by atoms with Crippen LogP contribution in [0.2, 0.25) is 0 Å². The van der Waals surface area contributed by atoms with Crippen molar-refractivity contribution in [3.63, 3.8) is 0 Å². The third-order valence-electron chi connectivity index (χ3n) is 3.79. The van der Waals surface area contributed by atoms with E-state index in [4.69, 9.17) is 9.47 Å². The van der Waals surface area contributed by atoms with Crippen LogP contribution in [0.1, 0.15) is 25.3 Å². The van der Waals surface area contributed by atoms with Gasteiger partial charge in [0.15, 0.2) is 0 Å². The molecule has 1 fully saturated rings. The van der Waals surface area contributed by atoms with Gasteiger partial charge in [-0.1, -0.05) is 12.1 Å². The summed E-state index contributed by atoms with van der Waals surface area (Å²) in [6, 6.07) is 8.08. The average molecular weight is 291 g/mol. The first-order chi connectivity index (χ1) is 10.2. The molecule has 1 aliphatic rings. The molecule has 1 saturated heterocycles. The molecule has 1 aliphatic heterocycles. The van der Waals surface area contributed by atoms with Crippen molar-refractivity contribution in [2.45, 2.75) is 26.7 Å². The van der Waals surface area contributed by atoms with Crippen molar-refractivity contribution in [3.8, 4) is 5.75 Å². The van der Waals surface area contributed by atoms with Gasteiger partial charge >= 0.3 is 5.97 Å². The lowest BCUT2D eigenvalue weighted by molar-refractivity contribution is -0.150. The normalized spacial score (nSPS) is 19.2. The molecule has 1 aromatic carbocycles. The summed E-state index contributed by atoms with van der Waals surface area (Å²) in [6.45, 7) is 7.70. The van der Waals surface area contributed by atoms with Crippen molar-refractivity contribution < 1.29 is 14.3 Å². The van der Waals surface area contributed by atoms with Gasteiger partial charge in [-0.05, 0) is 50.9 Å². The third-order valence-corrected chi connectivity index (χ3v) is 3.79. The summed E-state index contributed by atoms with van der Waals surface area (Å²) in [4.78, 5) is 14.1. The Labute approximate surface area is 127 Å². The molecule has 0 bridgehead atoms. The van der Waals surface area contributed by atoms with Gasteiger partial charge in [0.05, 0.1) is 12.5 Å². The van der Waals surface area contributed by atoms with E-state index in [1.165, 1.54) is 5.56 Å². The van der Waals surface area contributed by atoms with Crippen LogP contribution in [0.15, 0.2) is 24.3 Å². The molecule has 0 aliphatic carbocycles. The second-order valence-corrected chi connectivity index (χ2v) is 5.56. The largest absolute Gasteiger partial charge is 0.492 e. The van der Waals surface area contributed by atoms with Crippen molar-refractivity contribution in [1.29, 1.82) is 0 Å². The zero-order valence-electron chi connectivity index (χ0n) is 13.0. The van der Waals surface area contributed by atoms with E-state index in [1.807, 2.05) is 25.1 Å². The fourth-order valence-electron chi connectivity index (χ4n) is 2.71. The summed E-state index contributed by atoms with van der Waals surface area (Å²) in [5, 5.41) is 0. The Morgan fingerprint density at radius 2 is 2.29 bits per heavy atom. The minimum atomic E-state index is -0.0539. The van der Waals surface area contributed by atoms with Crippen LogP contribution in [0.5, 0.6) is 5.75 Å². The van der Waals surface area contributed by atoms with Gasteiger partial charge in [-0.25, -0.2) is 0 Å². The van der Waals surface area contributed by atoms with E-state index in [-0.39, 0.29) is 11.9 Å². The molecular formula is C17H25NO3. The van der Waals surface area contributed by atoms with E-state index in [0.717, 1.165) is 38.2 Å². The van der Waals surface area contributed by atoms with Crippen LogP contribution in [0.3, 0.4) is 0 Å². The van der Waals surface area contributed by atoms with E-state index >= 15 is 0 Å². The minimum absolute atomic E-state index is 0.0256. The number of carbonyl (C=O) groups excluding carboxylic acids is 1. The average Bonchev–Trinajstić information content (AvgIpc) is 2.48. The number of ether oxygens (including phenoxy) is 2. The van der Waals surface area contributed by atoms with E-state index < -0.39 is 0 Å². The summed E-state index contributed by atoms with van der Waals surface area (Å²) in [6.07, 6.45) is 1.99. The van der Waals surface area contributed by atoms with Gasteiger partial charge in [0.25, 0.3) is 0 Å². The maximum atomic E-state index is 11.8. The first kappa shape index (κ1) is 15.8. The minimum Gasteiger partial charge on any atom is -0.492 e. The van der Waals surface area contributed by atoms with Gasteiger partial charge in [-0.2, -0.15) is 0 Å². The Balaban J connectivity index is 1.74. The van der Waals surface area contributed by atoms with E-state index in [2.05, 4.69) is 17.9 Å². The standard InChI is InChI=1S/C17H25NO3/c1-3-20-17(19)15-7-5-9-18(13-15)10-11-21-16-8-4-6-14(2)12-16/h4,6,8,12,15H,3,5,7,9-11,13H2,1-2H3/t15-/m0/s1. The molecular weight excluding hydrogens is 266 g/mol. The molecule has 0 aromatic heterocycles. The highest BCUT2D eigenvalue weighted by atomic mass is 16.5. The second-order valence-electron chi connectivity index (χ2n) is 5.56. The van der Waals surface area contributed by atoms with Gasteiger partial charge < -0.3 is 9.47 Å². The maximum absolute atomic E-state index is 11.8. The number of nitrogens with zero attached hydrogens (tertiary/aromatic N) is 1. The lowest BCUT2D eigenvalue weighted by Gasteiger charge is -2.31. The molecule has 116 valence electrons. The van der Waals surface area contributed by atoms with Crippen LogP contribution in [-0.4, -0.2) is 43.7 Å². The van der Waals surface area contributed by atoms with Gasteiger partial charge in [0.1, 0.15) is 12.4 Å². The molecule has 1 atom stereocenters. The summed E-state index contributed by atoms with van der Waals surface area (Å²) in [5.41, 5.74) is 1.20. The highest BCUT2D eigenvalue weighted by Gasteiger charge is 2.26. The Kier molecular flexibility index (Phi) is 6.05. The highest BCUT2D eigenvalue weighted by molar-refractivity contribution is 5.72. The molecule has 0 amide bonds. The summed E-state index contributed by atoms with van der Waals surface area (Å²) >= 11 is 0. The zero-order chi connectivity index (χ0) is 15.1. The van der Waals surface area contributed by atoms with E-state index in [9.17, 15) is 4.79 Å². The topological polar surface area (TPSA) is 38.8 Å². The molecule has 0 saturated carbocycles. The quantitative estimate of drug-likeness (QED) is 0.755. The Hall–Kier alpha value is -1.55. The number of hydrogen-bond acceptors (Lipinski definition) is 4. The van der Waals surface area contributed by atoms with Crippen LogP contribution in [0.4, 0.5) is 0 Å². The number of piperidine rings is 1. The predicted octanol–water partition coefficient (Wildman–Crippen LogP) is 2.65. The van der Waals surface area contributed by atoms with Gasteiger partial charge in [-0.3, -0.25) is 9.69 Å². The number of rotatable bonds is 6. The third kappa shape index (κ3) is 5.05. The Bertz CT molecular complexity index is 461. The smallest absolute Gasteiger partial charge is 0.310 e. The second kappa shape index (κ2) is 8.03. The number of aryl methyl sites for hydroxylation is 1. The Morgan fingerprint density at radius 3 is 3.05 bits per heavy atom. The molecule has 4 heteroatoms. The fraction of sp³-hybridized carbons (Fsp3) is 0.588. The number of carbonyl (C=O) groups is 1. The SMILES string of the molecule is CCOC(=O)[C@H]1CCCN(CCOc2cccc(C)c2)C1. The molecule has 4 nitrogen and oxygen atoms in total. The number of benzene rings is 1. The predicted molar refractivity (Wildman–Crippen MR) is 82.5 cm³/mol. The monoisotopic (exact) mass is 291 g/mol. The molecule has 0 radical (unpaired) electrons. The van der Waals surface area contributed by atoms with E-state index in [0.29, 0.717) is 13.2 Å². The first-order valence-electron chi connectivity index (χ1n) is 7.77. The Morgan fingerprint density at radius 1 is 1.43 bits per heavy atom. The molecule has 2 rings (SSSR count). The number of hydrogen-bond donors (Lipinski definition) is 0. The molecule has 0 spiro atoms. The van der Waals surface area contributed by atoms with Crippen LogP contribution in [0, 0.1) is 12.8 Å². The maximum Gasteiger partial charge on any atom is 0.310 e. The lowest BCUT2D eigenvalue weighted by Crippen LogP contribution is -2.41. The molecule has 1 heterocycles.